The highest BCUT2D eigenvalue weighted by Gasteiger charge is 2.12. The summed E-state index contributed by atoms with van der Waals surface area (Å²) >= 11 is 1.57. The molecule has 0 bridgehead atoms. The van der Waals surface area contributed by atoms with Gasteiger partial charge in [-0.25, -0.2) is 9.97 Å². The fourth-order valence-electron chi connectivity index (χ4n) is 1.62. The Hall–Kier alpha value is -1.95. The largest absolute Gasteiger partial charge is 0.354 e. The third-order valence-corrected chi connectivity index (χ3v) is 3.27. The van der Waals surface area contributed by atoms with Gasteiger partial charge in [-0.2, -0.15) is 0 Å². The van der Waals surface area contributed by atoms with Crippen molar-refractivity contribution in [2.75, 3.05) is 26.0 Å². The lowest BCUT2D eigenvalue weighted by molar-refractivity contribution is 0.0822. The smallest absolute Gasteiger partial charge is 0.272 e. The van der Waals surface area contributed by atoms with Gasteiger partial charge in [-0.3, -0.25) is 4.79 Å². The third-order valence-electron chi connectivity index (χ3n) is 2.63. The van der Waals surface area contributed by atoms with Crippen molar-refractivity contribution >= 4 is 23.1 Å². The van der Waals surface area contributed by atoms with E-state index >= 15 is 0 Å². The number of rotatable bonds is 4. The standard InChI is InChI=1S/C13H16N4OS/c1-16(2)13(18)11-5-4-6-12(15-11)17(3)7-10-8-19-9-14-10/h4-6,8-9H,7H2,1-3H3. The van der Waals surface area contributed by atoms with Crippen LogP contribution in [0.2, 0.25) is 0 Å². The third kappa shape index (κ3) is 3.29. The van der Waals surface area contributed by atoms with Crippen LogP contribution in [0.1, 0.15) is 16.2 Å². The molecule has 2 rings (SSSR count). The topological polar surface area (TPSA) is 49.3 Å². The second-order valence-electron chi connectivity index (χ2n) is 4.42. The first-order valence-corrected chi connectivity index (χ1v) is 6.79. The number of carbonyl (C=O) groups excluding carboxylic acids is 1. The van der Waals surface area contributed by atoms with E-state index in [4.69, 9.17) is 0 Å². The lowest BCUT2D eigenvalue weighted by Gasteiger charge is -2.18. The summed E-state index contributed by atoms with van der Waals surface area (Å²) in [6.45, 7) is 0.677. The van der Waals surface area contributed by atoms with E-state index in [0.717, 1.165) is 11.5 Å². The summed E-state index contributed by atoms with van der Waals surface area (Å²) in [6.07, 6.45) is 0. The minimum absolute atomic E-state index is 0.0936. The minimum atomic E-state index is -0.0936. The van der Waals surface area contributed by atoms with Crippen LogP contribution in [0.3, 0.4) is 0 Å². The molecule has 2 aromatic rings. The molecule has 6 heteroatoms. The number of anilines is 1. The molecule has 0 saturated carbocycles. The van der Waals surface area contributed by atoms with Gasteiger partial charge in [-0.1, -0.05) is 6.07 Å². The predicted molar refractivity (Wildman–Crippen MR) is 76.5 cm³/mol. The molecule has 0 aliphatic heterocycles. The molecule has 2 aromatic heterocycles. The van der Waals surface area contributed by atoms with Crippen molar-refractivity contribution in [1.82, 2.24) is 14.9 Å². The Balaban J connectivity index is 2.16. The van der Waals surface area contributed by atoms with Crippen molar-refractivity contribution in [3.05, 3.63) is 40.5 Å². The summed E-state index contributed by atoms with van der Waals surface area (Å²) in [5.74, 6) is 0.671. The van der Waals surface area contributed by atoms with Gasteiger partial charge in [0.25, 0.3) is 5.91 Å². The summed E-state index contributed by atoms with van der Waals surface area (Å²) in [4.78, 5) is 24.0. The number of thiazole rings is 1. The Labute approximate surface area is 116 Å². The van der Waals surface area contributed by atoms with E-state index in [1.165, 1.54) is 4.90 Å². The number of carbonyl (C=O) groups is 1. The van der Waals surface area contributed by atoms with Crippen LogP contribution in [0.5, 0.6) is 0 Å². The highest BCUT2D eigenvalue weighted by Crippen LogP contribution is 2.14. The Morgan fingerprint density at radius 1 is 1.32 bits per heavy atom. The zero-order valence-corrected chi connectivity index (χ0v) is 12.0. The van der Waals surface area contributed by atoms with Crippen LogP contribution in [-0.4, -0.2) is 41.9 Å². The zero-order chi connectivity index (χ0) is 13.8. The van der Waals surface area contributed by atoms with E-state index in [0.29, 0.717) is 12.2 Å². The fourth-order valence-corrected chi connectivity index (χ4v) is 2.17. The maximum atomic E-state index is 11.9. The van der Waals surface area contributed by atoms with Gasteiger partial charge in [0.15, 0.2) is 0 Å². The zero-order valence-electron chi connectivity index (χ0n) is 11.2. The summed E-state index contributed by atoms with van der Waals surface area (Å²) in [6, 6.07) is 5.46. The van der Waals surface area contributed by atoms with Crippen LogP contribution >= 0.6 is 11.3 Å². The van der Waals surface area contributed by atoms with Gasteiger partial charge in [0, 0.05) is 26.5 Å². The number of hydrogen-bond acceptors (Lipinski definition) is 5. The normalized spacial score (nSPS) is 10.3. The maximum absolute atomic E-state index is 11.9. The number of hydrogen-bond donors (Lipinski definition) is 0. The van der Waals surface area contributed by atoms with Crippen LogP contribution in [0.25, 0.3) is 0 Å². The molecule has 0 aliphatic carbocycles. The second kappa shape index (κ2) is 5.79. The van der Waals surface area contributed by atoms with Gasteiger partial charge in [0.05, 0.1) is 17.7 Å². The minimum Gasteiger partial charge on any atom is -0.354 e. The van der Waals surface area contributed by atoms with Gasteiger partial charge < -0.3 is 9.80 Å². The molecule has 0 radical (unpaired) electrons. The van der Waals surface area contributed by atoms with Crippen LogP contribution in [0.15, 0.2) is 29.1 Å². The summed E-state index contributed by atoms with van der Waals surface area (Å²) in [7, 11) is 5.37. The molecule has 0 spiro atoms. The van der Waals surface area contributed by atoms with Gasteiger partial charge >= 0.3 is 0 Å². The van der Waals surface area contributed by atoms with Gasteiger partial charge in [-0.05, 0) is 12.1 Å². The highest BCUT2D eigenvalue weighted by atomic mass is 32.1. The van der Waals surface area contributed by atoms with Crippen molar-refractivity contribution in [3.8, 4) is 0 Å². The number of pyridine rings is 1. The van der Waals surface area contributed by atoms with Crippen molar-refractivity contribution in [2.45, 2.75) is 6.54 Å². The quantitative estimate of drug-likeness (QED) is 0.855. The average Bonchev–Trinajstić information content (AvgIpc) is 2.90. The van der Waals surface area contributed by atoms with Crippen molar-refractivity contribution in [2.24, 2.45) is 0 Å². The Bertz CT molecular complexity index is 554. The molecule has 1 amide bonds. The maximum Gasteiger partial charge on any atom is 0.272 e. The van der Waals surface area contributed by atoms with E-state index < -0.39 is 0 Å². The molecule has 0 fully saturated rings. The lowest BCUT2D eigenvalue weighted by atomic mass is 10.3. The van der Waals surface area contributed by atoms with Gasteiger partial charge in [-0.15, -0.1) is 11.3 Å². The number of aromatic nitrogens is 2. The number of amides is 1. The van der Waals surface area contributed by atoms with E-state index in [9.17, 15) is 4.79 Å². The monoisotopic (exact) mass is 276 g/mol. The first kappa shape index (κ1) is 13.5. The van der Waals surface area contributed by atoms with E-state index in [1.54, 1.807) is 31.5 Å². The predicted octanol–water partition coefficient (Wildman–Crippen LogP) is 1.88. The highest BCUT2D eigenvalue weighted by molar-refractivity contribution is 7.07. The molecule has 19 heavy (non-hydrogen) atoms. The fraction of sp³-hybridized carbons (Fsp3) is 0.308. The van der Waals surface area contributed by atoms with Crippen molar-refractivity contribution in [1.29, 1.82) is 0 Å². The molecular formula is C13H16N4OS. The van der Waals surface area contributed by atoms with E-state index in [1.807, 2.05) is 35.0 Å². The molecule has 0 atom stereocenters. The molecule has 100 valence electrons. The van der Waals surface area contributed by atoms with Crippen LogP contribution in [-0.2, 0) is 6.54 Å². The van der Waals surface area contributed by atoms with E-state index in [2.05, 4.69) is 9.97 Å². The molecular weight excluding hydrogens is 260 g/mol. The van der Waals surface area contributed by atoms with Gasteiger partial charge in [0.2, 0.25) is 0 Å². The summed E-state index contributed by atoms with van der Waals surface area (Å²) < 4.78 is 0. The molecule has 2 heterocycles. The van der Waals surface area contributed by atoms with Crippen LogP contribution < -0.4 is 4.90 Å². The van der Waals surface area contributed by atoms with Crippen LogP contribution in [0.4, 0.5) is 5.82 Å². The first-order valence-electron chi connectivity index (χ1n) is 5.85. The van der Waals surface area contributed by atoms with Crippen LogP contribution in [0, 0.1) is 0 Å². The molecule has 0 saturated heterocycles. The summed E-state index contributed by atoms with van der Waals surface area (Å²) in [5, 5.41) is 2.01. The summed E-state index contributed by atoms with van der Waals surface area (Å²) in [5.41, 5.74) is 3.26. The molecule has 0 aromatic carbocycles. The molecule has 0 N–H and O–H groups in total. The van der Waals surface area contributed by atoms with Crippen molar-refractivity contribution < 1.29 is 4.79 Å². The van der Waals surface area contributed by atoms with Crippen molar-refractivity contribution in [3.63, 3.8) is 0 Å². The molecule has 0 unspecified atom stereocenters. The Morgan fingerprint density at radius 2 is 2.11 bits per heavy atom. The Morgan fingerprint density at radius 3 is 2.74 bits per heavy atom. The average molecular weight is 276 g/mol. The number of nitrogens with zero attached hydrogens (tertiary/aromatic N) is 4. The molecule has 0 aliphatic rings. The second-order valence-corrected chi connectivity index (χ2v) is 5.14. The Kier molecular flexibility index (Phi) is 4.11. The molecule has 5 nitrogen and oxygen atoms in total. The lowest BCUT2D eigenvalue weighted by Crippen LogP contribution is -2.24. The SMILES string of the molecule is CN(C)C(=O)c1cccc(N(C)Cc2cscn2)n1. The van der Waals surface area contributed by atoms with Gasteiger partial charge in [0.1, 0.15) is 11.5 Å². The van der Waals surface area contributed by atoms with E-state index in [-0.39, 0.29) is 5.91 Å². The first-order chi connectivity index (χ1) is 9.08.